The molecule has 1 aromatic rings. The van der Waals surface area contributed by atoms with Crippen molar-refractivity contribution < 1.29 is 46.9 Å². The Balaban J connectivity index is 0.00000103. The Morgan fingerprint density at radius 3 is 2.20 bits per heavy atom. The summed E-state index contributed by atoms with van der Waals surface area (Å²) in [6.45, 7) is 2.24. The molecular formula is C17H21F4NO6S2. The number of rotatable bonds is 11. The summed E-state index contributed by atoms with van der Waals surface area (Å²) in [4.78, 5) is 31.3. The molecule has 1 rings (SSSR count). The largest absolute Gasteiger partial charge is 0.490 e. The zero-order chi connectivity index (χ0) is 23.2. The van der Waals surface area contributed by atoms with Crippen molar-refractivity contribution in [3.8, 4) is 5.75 Å². The van der Waals surface area contributed by atoms with Gasteiger partial charge in [-0.05, 0) is 18.6 Å². The molecule has 1 aromatic carbocycles. The Bertz CT molecular complexity index is 690. The van der Waals surface area contributed by atoms with E-state index >= 15 is 0 Å². The monoisotopic (exact) mass is 475 g/mol. The van der Waals surface area contributed by atoms with Crippen molar-refractivity contribution in [2.75, 3.05) is 18.1 Å². The number of hydrogen-bond donors (Lipinski definition) is 3. The molecular weight excluding hydrogens is 454 g/mol. The summed E-state index contributed by atoms with van der Waals surface area (Å²) in [5.41, 5.74) is 0. The summed E-state index contributed by atoms with van der Waals surface area (Å²) in [6, 6.07) is 5.97. The Kier molecular flexibility index (Phi) is 13.7. The van der Waals surface area contributed by atoms with Crippen LogP contribution in [0.1, 0.15) is 19.8 Å². The highest BCUT2D eigenvalue weighted by atomic mass is 33.1. The fourth-order valence-electron chi connectivity index (χ4n) is 1.59. The Morgan fingerprint density at radius 1 is 1.13 bits per heavy atom. The normalized spacial score (nSPS) is 11.6. The first-order chi connectivity index (χ1) is 14.0. The van der Waals surface area contributed by atoms with E-state index in [9.17, 15) is 27.2 Å². The smallest absolute Gasteiger partial charge is 0.481 e. The number of carboxylic acids is 2. The van der Waals surface area contributed by atoms with Crippen LogP contribution in [-0.4, -0.2) is 58.4 Å². The van der Waals surface area contributed by atoms with Gasteiger partial charge in [0, 0.05) is 18.1 Å². The minimum Gasteiger partial charge on any atom is -0.481 e. The molecule has 0 bridgehead atoms. The van der Waals surface area contributed by atoms with Gasteiger partial charge in [-0.2, -0.15) is 13.2 Å². The summed E-state index contributed by atoms with van der Waals surface area (Å²) in [5, 5.41) is 18.4. The van der Waals surface area contributed by atoms with Crippen LogP contribution in [0.4, 0.5) is 17.6 Å². The van der Waals surface area contributed by atoms with Crippen LogP contribution in [0.25, 0.3) is 0 Å². The average Bonchev–Trinajstić information content (AvgIpc) is 2.66. The van der Waals surface area contributed by atoms with Gasteiger partial charge in [-0.1, -0.05) is 40.6 Å². The predicted molar refractivity (Wildman–Crippen MR) is 105 cm³/mol. The molecule has 3 N–H and O–H groups in total. The second kappa shape index (κ2) is 14.8. The molecule has 1 atom stereocenters. The number of benzene rings is 1. The summed E-state index contributed by atoms with van der Waals surface area (Å²) >= 11 is 0. The molecule has 0 aliphatic carbocycles. The van der Waals surface area contributed by atoms with E-state index in [4.69, 9.17) is 19.7 Å². The molecule has 13 heteroatoms. The number of para-hydroxylation sites is 1. The molecule has 0 fully saturated rings. The van der Waals surface area contributed by atoms with Gasteiger partial charge in [-0.15, -0.1) is 0 Å². The molecule has 0 aliphatic heterocycles. The van der Waals surface area contributed by atoms with Gasteiger partial charge < -0.3 is 20.3 Å². The quantitative estimate of drug-likeness (QED) is 0.253. The van der Waals surface area contributed by atoms with Gasteiger partial charge in [-0.3, -0.25) is 9.59 Å². The second-order valence-electron chi connectivity index (χ2n) is 5.33. The van der Waals surface area contributed by atoms with Crippen LogP contribution < -0.4 is 10.1 Å². The fourth-order valence-corrected chi connectivity index (χ4v) is 3.48. The number of nitrogens with one attached hydrogen (secondary N) is 1. The van der Waals surface area contributed by atoms with Crippen LogP contribution >= 0.6 is 21.6 Å². The van der Waals surface area contributed by atoms with Gasteiger partial charge >= 0.3 is 18.1 Å². The number of alkyl halides is 3. The SMILES string of the molecule is CCC(Oc1ccccc1F)C(=O)NCCSSCCC(=O)O.O=C(O)C(F)(F)F. The lowest BCUT2D eigenvalue weighted by molar-refractivity contribution is -0.192. The highest BCUT2D eigenvalue weighted by Crippen LogP contribution is 2.21. The van der Waals surface area contributed by atoms with E-state index in [-0.39, 0.29) is 18.1 Å². The lowest BCUT2D eigenvalue weighted by Gasteiger charge is -2.17. The van der Waals surface area contributed by atoms with Crippen molar-refractivity contribution in [1.29, 1.82) is 0 Å². The van der Waals surface area contributed by atoms with Gasteiger partial charge in [0.25, 0.3) is 5.91 Å². The molecule has 0 heterocycles. The molecule has 1 unspecified atom stereocenters. The van der Waals surface area contributed by atoms with Crippen LogP contribution in [0.5, 0.6) is 5.75 Å². The van der Waals surface area contributed by atoms with E-state index in [1.165, 1.54) is 33.7 Å². The number of carboxylic acid groups (broad SMARTS) is 2. The maximum Gasteiger partial charge on any atom is 0.490 e. The summed E-state index contributed by atoms with van der Waals surface area (Å²) in [5.74, 6) is -3.10. The number of carbonyl (C=O) groups excluding carboxylic acids is 1. The number of carbonyl (C=O) groups is 3. The zero-order valence-corrected chi connectivity index (χ0v) is 17.4. The van der Waals surface area contributed by atoms with Crippen LogP contribution in [0.2, 0.25) is 0 Å². The van der Waals surface area contributed by atoms with Crippen LogP contribution in [0, 0.1) is 5.82 Å². The van der Waals surface area contributed by atoms with E-state index < -0.39 is 30.0 Å². The zero-order valence-electron chi connectivity index (χ0n) is 15.8. The minimum atomic E-state index is -5.08. The highest BCUT2D eigenvalue weighted by Gasteiger charge is 2.38. The summed E-state index contributed by atoms with van der Waals surface area (Å²) in [6.07, 6.45) is -5.27. The van der Waals surface area contributed by atoms with Crippen molar-refractivity contribution in [3.05, 3.63) is 30.1 Å². The number of aliphatic carboxylic acids is 2. The highest BCUT2D eigenvalue weighted by molar-refractivity contribution is 8.76. The third-order valence-corrected chi connectivity index (χ3v) is 5.39. The molecule has 170 valence electrons. The van der Waals surface area contributed by atoms with E-state index in [0.29, 0.717) is 24.5 Å². The maximum atomic E-state index is 13.5. The predicted octanol–water partition coefficient (Wildman–Crippen LogP) is 3.59. The van der Waals surface area contributed by atoms with Crippen molar-refractivity contribution in [2.45, 2.75) is 32.0 Å². The first kappa shape index (κ1) is 27.8. The number of halogens is 4. The van der Waals surface area contributed by atoms with Crippen LogP contribution in [-0.2, 0) is 14.4 Å². The van der Waals surface area contributed by atoms with E-state index in [2.05, 4.69) is 5.32 Å². The first-order valence-electron chi connectivity index (χ1n) is 8.44. The Labute approximate surface area is 177 Å². The number of ether oxygens (including phenoxy) is 1. The van der Waals surface area contributed by atoms with E-state index in [1.54, 1.807) is 19.1 Å². The second-order valence-corrected chi connectivity index (χ2v) is 8.03. The van der Waals surface area contributed by atoms with Gasteiger partial charge in [-0.25, -0.2) is 9.18 Å². The van der Waals surface area contributed by atoms with Crippen molar-refractivity contribution in [2.24, 2.45) is 0 Å². The van der Waals surface area contributed by atoms with E-state index in [0.717, 1.165) is 0 Å². The minimum absolute atomic E-state index is 0.0631. The Morgan fingerprint density at radius 2 is 1.70 bits per heavy atom. The van der Waals surface area contributed by atoms with Crippen molar-refractivity contribution >= 4 is 39.4 Å². The third-order valence-electron chi connectivity index (χ3n) is 2.98. The molecule has 0 aromatic heterocycles. The molecule has 0 spiro atoms. The standard InChI is InChI=1S/C15H20FNO4S2.C2HF3O2/c1-2-12(21-13-6-4-3-5-11(13)16)15(20)17-8-10-23-22-9-7-14(18)19;3-2(4,5)1(6)7/h3-6,12H,2,7-10H2,1H3,(H,17,20)(H,18,19);(H,6,7). The molecule has 0 aliphatic rings. The molecule has 7 nitrogen and oxygen atoms in total. The summed E-state index contributed by atoms with van der Waals surface area (Å²) < 4.78 is 50.7. The van der Waals surface area contributed by atoms with Gasteiger partial charge in [0.15, 0.2) is 17.7 Å². The molecule has 0 saturated heterocycles. The maximum absolute atomic E-state index is 13.5. The van der Waals surface area contributed by atoms with Crippen molar-refractivity contribution in [3.63, 3.8) is 0 Å². The van der Waals surface area contributed by atoms with Crippen LogP contribution in [0.3, 0.4) is 0 Å². The first-order valence-corrected chi connectivity index (χ1v) is 10.9. The molecule has 0 saturated carbocycles. The summed E-state index contributed by atoms with van der Waals surface area (Å²) in [7, 11) is 2.96. The van der Waals surface area contributed by atoms with Gasteiger partial charge in [0.05, 0.1) is 6.42 Å². The van der Waals surface area contributed by atoms with Gasteiger partial charge in [0.1, 0.15) is 0 Å². The topological polar surface area (TPSA) is 113 Å². The van der Waals surface area contributed by atoms with E-state index in [1.807, 2.05) is 0 Å². The third kappa shape index (κ3) is 13.1. The molecule has 30 heavy (non-hydrogen) atoms. The lowest BCUT2D eigenvalue weighted by Crippen LogP contribution is -2.39. The number of hydrogen-bond acceptors (Lipinski definition) is 6. The van der Waals surface area contributed by atoms with Gasteiger partial charge in [0.2, 0.25) is 0 Å². The number of amides is 1. The molecule has 1 amide bonds. The van der Waals surface area contributed by atoms with Crippen LogP contribution in [0.15, 0.2) is 24.3 Å². The molecule has 0 radical (unpaired) electrons. The van der Waals surface area contributed by atoms with Crippen molar-refractivity contribution in [1.82, 2.24) is 5.32 Å². The average molecular weight is 475 g/mol. The Hall–Kier alpha value is -2.15. The fraction of sp³-hybridized carbons (Fsp3) is 0.471. The lowest BCUT2D eigenvalue weighted by atomic mass is 10.2.